The molecule has 0 saturated carbocycles. The van der Waals surface area contributed by atoms with Gasteiger partial charge in [0.15, 0.2) is 11.0 Å². The molecular weight excluding hydrogens is 350 g/mol. The third kappa shape index (κ3) is 2.72. The minimum absolute atomic E-state index is 0.689. The lowest BCUT2D eigenvalue weighted by Gasteiger charge is -2.07. The van der Waals surface area contributed by atoms with Crippen LogP contribution in [0.3, 0.4) is 0 Å². The van der Waals surface area contributed by atoms with Gasteiger partial charge in [0.05, 0.1) is 12.1 Å². The highest BCUT2D eigenvalue weighted by Crippen LogP contribution is 2.37. The molecule has 4 rings (SSSR count). The Hall–Kier alpha value is -3.28. The van der Waals surface area contributed by atoms with Gasteiger partial charge in [-0.15, -0.1) is 0 Å². The van der Waals surface area contributed by atoms with Gasteiger partial charge in [-0.1, -0.05) is 30.7 Å². The number of rotatable bonds is 5. The van der Waals surface area contributed by atoms with Crippen molar-refractivity contribution in [2.45, 2.75) is 33.7 Å². The molecule has 0 aliphatic carbocycles. The molecule has 0 spiro atoms. The Bertz CT molecular complexity index is 1160. The zero-order valence-corrected chi connectivity index (χ0v) is 16.7. The topological polar surface area (TPSA) is 72.6 Å². The lowest BCUT2D eigenvalue weighted by molar-refractivity contribution is -0.587. The maximum atomic E-state index is 12.9. The lowest BCUT2D eigenvalue weighted by atomic mass is 9.99. The SMILES string of the molecule is CCc1n(CC)c2ccc(-c3c(-c4cccc(C)c4)n[nH]c3NC)cc2[n+]1[O-]. The van der Waals surface area contributed by atoms with E-state index >= 15 is 0 Å². The molecule has 2 heterocycles. The molecule has 2 N–H and O–H groups in total. The summed E-state index contributed by atoms with van der Waals surface area (Å²) in [5.74, 6) is 1.62. The van der Waals surface area contributed by atoms with E-state index in [0.29, 0.717) is 11.9 Å². The summed E-state index contributed by atoms with van der Waals surface area (Å²) in [7, 11) is 1.87. The highest BCUT2D eigenvalue weighted by Gasteiger charge is 2.22. The standard InChI is InChI=1S/C22H25N5O/c1-5-19-26(6-2)17-11-10-15(13-18(17)27(19)28)20-21(24-25-22(20)23-4)16-9-7-8-14(3)12-16/h7-13H,5-6H2,1-4H3,(H2,23,24,25). The Morgan fingerprint density at radius 3 is 2.64 bits per heavy atom. The van der Waals surface area contributed by atoms with E-state index in [1.807, 2.05) is 32.2 Å². The van der Waals surface area contributed by atoms with Gasteiger partial charge in [-0.3, -0.25) is 5.10 Å². The van der Waals surface area contributed by atoms with Gasteiger partial charge in [-0.05, 0) is 43.7 Å². The summed E-state index contributed by atoms with van der Waals surface area (Å²) in [6.45, 7) is 6.93. The van der Waals surface area contributed by atoms with Crippen molar-refractivity contribution in [3.8, 4) is 22.4 Å². The van der Waals surface area contributed by atoms with E-state index in [4.69, 9.17) is 0 Å². The van der Waals surface area contributed by atoms with Crippen LogP contribution in [0.4, 0.5) is 5.82 Å². The van der Waals surface area contributed by atoms with Gasteiger partial charge in [0.2, 0.25) is 0 Å². The van der Waals surface area contributed by atoms with E-state index in [2.05, 4.69) is 58.2 Å². The van der Waals surface area contributed by atoms with Crippen LogP contribution in [0, 0.1) is 12.1 Å². The zero-order valence-electron chi connectivity index (χ0n) is 16.7. The number of nitrogens with zero attached hydrogens (tertiary/aromatic N) is 3. The number of benzene rings is 2. The third-order valence-electron chi connectivity index (χ3n) is 5.26. The summed E-state index contributed by atoms with van der Waals surface area (Å²) in [5, 5.41) is 23.7. The molecule has 28 heavy (non-hydrogen) atoms. The first-order chi connectivity index (χ1) is 13.6. The minimum Gasteiger partial charge on any atom is -0.710 e. The van der Waals surface area contributed by atoms with Crippen molar-refractivity contribution in [3.63, 3.8) is 0 Å². The first-order valence-electron chi connectivity index (χ1n) is 9.67. The number of hydrogen-bond donors (Lipinski definition) is 2. The highest BCUT2D eigenvalue weighted by molar-refractivity contribution is 5.92. The fraction of sp³-hybridized carbons (Fsp3) is 0.273. The molecule has 0 aliphatic heterocycles. The van der Waals surface area contributed by atoms with Crippen LogP contribution >= 0.6 is 0 Å². The van der Waals surface area contributed by atoms with Crippen LogP contribution < -0.4 is 10.0 Å². The van der Waals surface area contributed by atoms with Gasteiger partial charge in [0.1, 0.15) is 11.5 Å². The summed E-state index contributed by atoms with van der Waals surface area (Å²) in [6, 6.07) is 14.4. The van der Waals surface area contributed by atoms with Crippen LogP contribution in [0.15, 0.2) is 42.5 Å². The Balaban J connectivity index is 1.96. The maximum Gasteiger partial charge on any atom is 0.260 e. The molecule has 2 aromatic heterocycles. The number of hydrogen-bond acceptors (Lipinski definition) is 3. The van der Waals surface area contributed by atoms with Crippen molar-refractivity contribution < 1.29 is 4.73 Å². The van der Waals surface area contributed by atoms with Crippen LogP contribution in [0.2, 0.25) is 0 Å². The molecule has 0 aliphatic rings. The number of aromatic amines is 1. The van der Waals surface area contributed by atoms with Crippen LogP contribution in [-0.2, 0) is 13.0 Å². The molecule has 144 valence electrons. The smallest absolute Gasteiger partial charge is 0.260 e. The third-order valence-corrected chi connectivity index (χ3v) is 5.26. The van der Waals surface area contributed by atoms with Crippen LogP contribution in [0.5, 0.6) is 0 Å². The molecular formula is C22H25N5O. The summed E-state index contributed by atoms with van der Waals surface area (Å²) in [5.41, 5.74) is 6.68. The van der Waals surface area contributed by atoms with Crippen LogP contribution in [0.25, 0.3) is 33.4 Å². The molecule has 4 aromatic rings. The van der Waals surface area contributed by atoms with E-state index < -0.39 is 0 Å². The number of fused-ring (bicyclic) bond motifs is 1. The predicted molar refractivity (Wildman–Crippen MR) is 113 cm³/mol. The Morgan fingerprint density at radius 2 is 1.96 bits per heavy atom. The van der Waals surface area contributed by atoms with Gasteiger partial charge in [-0.25, -0.2) is 9.30 Å². The molecule has 0 saturated heterocycles. The second kappa shape index (κ2) is 7.03. The Labute approximate surface area is 164 Å². The molecule has 0 fully saturated rings. The number of aryl methyl sites for hydroxylation is 2. The average Bonchev–Trinajstić information content (AvgIpc) is 3.26. The van der Waals surface area contributed by atoms with Crippen molar-refractivity contribution in [2.24, 2.45) is 0 Å². The molecule has 0 atom stereocenters. The van der Waals surface area contributed by atoms with Crippen molar-refractivity contribution >= 4 is 16.9 Å². The normalized spacial score (nSPS) is 11.3. The maximum absolute atomic E-state index is 12.9. The van der Waals surface area contributed by atoms with E-state index in [9.17, 15) is 5.21 Å². The second-order valence-electron chi connectivity index (χ2n) is 6.95. The fourth-order valence-corrected chi connectivity index (χ4v) is 3.95. The van der Waals surface area contributed by atoms with Gasteiger partial charge in [0, 0.05) is 19.0 Å². The van der Waals surface area contributed by atoms with Crippen molar-refractivity contribution in [3.05, 3.63) is 59.1 Å². The van der Waals surface area contributed by atoms with Crippen molar-refractivity contribution in [1.82, 2.24) is 14.8 Å². The fourth-order valence-electron chi connectivity index (χ4n) is 3.95. The number of H-pyrrole nitrogens is 1. The van der Waals surface area contributed by atoms with E-state index in [-0.39, 0.29) is 0 Å². The van der Waals surface area contributed by atoms with Gasteiger partial charge in [0.25, 0.3) is 5.82 Å². The minimum atomic E-state index is 0.689. The summed E-state index contributed by atoms with van der Waals surface area (Å²) >= 11 is 0. The molecule has 0 unspecified atom stereocenters. The second-order valence-corrected chi connectivity index (χ2v) is 6.95. The predicted octanol–water partition coefficient (Wildman–Crippen LogP) is 4.26. The number of imidazole rings is 1. The monoisotopic (exact) mass is 375 g/mol. The van der Waals surface area contributed by atoms with Gasteiger partial charge in [-0.2, -0.15) is 5.10 Å². The van der Waals surface area contributed by atoms with Crippen molar-refractivity contribution in [1.29, 1.82) is 0 Å². The summed E-state index contributed by atoms with van der Waals surface area (Å²) in [4.78, 5) is 0. The molecule has 0 amide bonds. The molecule has 6 nitrogen and oxygen atoms in total. The highest BCUT2D eigenvalue weighted by atomic mass is 16.5. The number of anilines is 1. The Morgan fingerprint density at radius 1 is 1.14 bits per heavy atom. The van der Waals surface area contributed by atoms with Gasteiger partial charge >= 0.3 is 0 Å². The van der Waals surface area contributed by atoms with E-state index in [0.717, 1.165) is 50.8 Å². The summed E-state index contributed by atoms with van der Waals surface area (Å²) < 4.78 is 3.15. The van der Waals surface area contributed by atoms with Crippen LogP contribution in [-0.4, -0.2) is 21.8 Å². The summed E-state index contributed by atoms with van der Waals surface area (Å²) in [6.07, 6.45) is 0.698. The lowest BCUT2D eigenvalue weighted by Crippen LogP contribution is -2.30. The zero-order chi connectivity index (χ0) is 19.8. The average molecular weight is 375 g/mol. The van der Waals surface area contributed by atoms with Crippen molar-refractivity contribution in [2.75, 3.05) is 12.4 Å². The molecule has 0 radical (unpaired) electrons. The quantitative estimate of drug-likeness (QED) is 0.404. The Kier molecular flexibility index (Phi) is 4.55. The largest absolute Gasteiger partial charge is 0.710 e. The molecule has 6 heteroatoms. The van der Waals surface area contributed by atoms with E-state index in [1.54, 1.807) is 0 Å². The molecule has 2 aromatic carbocycles. The number of aromatic nitrogens is 4. The van der Waals surface area contributed by atoms with Gasteiger partial charge < -0.3 is 10.5 Å². The first kappa shape index (κ1) is 18.1. The number of nitrogens with one attached hydrogen (secondary N) is 2. The molecule has 0 bridgehead atoms. The first-order valence-corrected chi connectivity index (χ1v) is 9.67. The van der Waals surface area contributed by atoms with Crippen LogP contribution in [0.1, 0.15) is 25.2 Å². The van der Waals surface area contributed by atoms with E-state index in [1.165, 1.54) is 5.56 Å².